The summed E-state index contributed by atoms with van der Waals surface area (Å²) in [6, 6.07) is 5.52. The SMILES string of the molecule is Cc1c(-c2csc3c(=O)[nH]c(-c4ccccn4)nc23)cnn1C. The van der Waals surface area contributed by atoms with Crippen molar-refractivity contribution in [3.63, 3.8) is 0 Å². The Morgan fingerprint density at radius 2 is 2.13 bits per heavy atom. The lowest BCUT2D eigenvalue weighted by Gasteiger charge is -2.02. The highest BCUT2D eigenvalue weighted by Crippen LogP contribution is 2.33. The molecular weight excluding hydrogens is 310 g/mol. The normalized spacial score (nSPS) is 11.2. The van der Waals surface area contributed by atoms with E-state index in [0.717, 1.165) is 16.8 Å². The van der Waals surface area contributed by atoms with E-state index in [0.29, 0.717) is 21.7 Å². The number of nitrogens with zero attached hydrogens (tertiary/aromatic N) is 4. The van der Waals surface area contributed by atoms with E-state index in [1.807, 2.05) is 42.2 Å². The molecule has 6 nitrogen and oxygen atoms in total. The number of hydrogen-bond donors (Lipinski definition) is 1. The smallest absolute Gasteiger partial charge is 0.269 e. The van der Waals surface area contributed by atoms with E-state index in [9.17, 15) is 4.79 Å². The Balaban J connectivity index is 2.00. The molecule has 0 aliphatic carbocycles. The number of rotatable bonds is 2. The van der Waals surface area contributed by atoms with Gasteiger partial charge in [0.15, 0.2) is 5.82 Å². The van der Waals surface area contributed by atoms with Crippen molar-refractivity contribution in [2.45, 2.75) is 6.92 Å². The largest absolute Gasteiger partial charge is 0.304 e. The second-order valence-electron chi connectivity index (χ2n) is 5.22. The van der Waals surface area contributed by atoms with Crippen LogP contribution in [-0.2, 0) is 7.05 Å². The van der Waals surface area contributed by atoms with Gasteiger partial charge in [-0.25, -0.2) is 4.98 Å². The fourth-order valence-corrected chi connectivity index (χ4v) is 3.41. The molecule has 0 aromatic carbocycles. The Morgan fingerprint density at radius 3 is 2.83 bits per heavy atom. The van der Waals surface area contributed by atoms with Gasteiger partial charge in [-0.3, -0.25) is 14.5 Å². The molecule has 0 saturated heterocycles. The number of thiophene rings is 1. The molecule has 1 N–H and O–H groups in total. The summed E-state index contributed by atoms with van der Waals surface area (Å²) in [7, 11) is 1.90. The van der Waals surface area contributed by atoms with Gasteiger partial charge >= 0.3 is 0 Å². The third-order valence-corrected chi connectivity index (χ3v) is 4.83. The summed E-state index contributed by atoms with van der Waals surface area (Å²) in [5.41, 5.74) is 4.14. The van der Waals surface area contributed by atoms with Gasteiger partial charge in [-0.2, -0.15) is 5.10 Å². The summed E-state index contributed by atoms with van der Waals surface area (Å²) in [5, 5.41) is 6.23. The van der Waals surface area contributed by atoms with Crippen molar-refractivity contribution in [2.24, 2.45) is 7.05 Å². The van der Waals surface area contributed by atoms with Crippen LogP contribution in [0, 0.1) is 6.92 Å². The molecule has 0 saturated carbocycles. The van der Waals surface area contributed by atoms with E-state index >= 15 is 0 Å². The number of aryl methyl sites for hydroxylation is 1. The van der Waals surface area contributed by atoms with Gasteiger partial charge in [-0.15, -0.1) is 11.3 Å². The molecule has 0 aliphatic heterocycles. The van der Waals surface area contributed by atoms with Crippen molar-refractivity contribution in [1.29, 1.82) is 0 Å². The number of pyridine rings is 1. The zero-order chi connectivity index (χ0) is 16.0. The Bertz CT molecular complexity index is 1060. The summed E-state index contributed by atoms with van der Waals surface area (Å²) in [6.45, 7) is 2.00. The average molecular weight is 323 g/mol. The zero-order valence-electron chi connectivity index (χ0n) is 12.6. The van der Waals surface area contributed by atoms with Gasteiger partial charge in [-0.05, 0) is 19.1 Å². The molecular formula is C16H13N5OS. The van der Waals surface area contributed by atoms with Crippen LogP contribution in [0.1, 0.15) is 5.69 Å². The number of nitrogens with one attached hydrogen (secondary N) is 1. The first-order chi connectivity index (χ1) is 11.1. The van der Waals surface area contributed by atoms with Crippen molar-refractivity contribution in [2.75, 3.05) is 0 Å². The van der Waals surface area contributed by atoms with E-state index in [2.05, 4.69) is 20.1 Å². The molecule has 4 aromatic heterocycles. The average Bonchev–Trinajstić information content (AvgIpc) is 3.13. The Labute approximate surface area is 135 Å². The maximum atomic E-state index is 12.4. The quantitative estimate of drug-likeness (QED) is 0.615. The van der Waals surface area contributed by atoms with Crippen LogP contribution < -0.4 is 5.56 Å². The van der Waals surface area contributed by atoms with Gasteiger partial charge in [0.2, 0.25) is 0 Å². The maximum absolute atomic E-state index is 12.4. The third kappa shape index (κ3) is 2.17. The van der Waals surface area contributed by atoms with Crippen LogP contribution in [0.2, 0.25) is 0 Å². The lowest BCUT2D eigenvalue weighted by Crippen LogP contribution is -2.08. The van der Waals surface area contributed by atoms with Crippen molar-refractivity contribution in [1.82, 2.24) is 24.7 Å². The standard InChI is InChI=1S/C16H13N5OS/c1-9-10(7-18-21(9)2)11-8-23-14-13(11)19-15(20-16(14)22)12-5-3-4-6-17-12/h3-8H,1-2H3,(H,19,20,22). The van der Waals surface area contributed by atoms with Crippen LogP contribution >= 0.6 is 11.3 Å². The molecule has 0 fully saturated rings. The molecule has 0 atom stereocenters. The van der Waals surface area contributed by atoms with Crippen molar-refractivity contribution >= 4 is 21.6 Å². The molecule has 4 heterocycles. The molecule has 0 amide bonds. The predicted octanol–water partition coefficient (Wildman–Crippen LogP) is 2.76. The molecule has 0 unspecified atom stereocenters. The Morgan fingerprint density at radius 1 is 1.26 bits per heavy atom. The van der Waals surface area contributed by atoms with E-state index < -0.39 is 0 Å². The third-order valence-electron chi connectivity index (χ3n) is 3.86. The zero-order valence-corrected chi connectivity index (χ0v) is 13.4. The van der Waals surface area contributed by atoms with E-state index in [1.165, 1.54) is 11.3 Å². The fraction of sp³-hybridized carbons (Fsp3) is 0.125. The molecule has 0 radical (unpaired) electrons. The number of aromatic nitrogens is 5. The number of hydrogen-bond acceptors (Lipinski definition) is 5. The monoisotopic (exact) mass is 323 g/mol. The Hall–Kier alpha value is -2.80. The van der Waals surface area contributed by atoms with Gasteiger partial charge in [0.25, 0.3) is 5.56 Å². The minimum atomic E-state index is -0.145. The van der Waals surface area contributed by atoms with Crippen molar-refractivity contribution in [3.8, 4) is 22.6 Å². The number of aromatic amines is 1. The fourth-order valence-electron chi connectivity index (χ4n) is 2.51. The topological polar surface area (TPSA) is 76.5 Å². The predicted molar refractivity (Wildman–Crippen MR) is 90.4 cm³/mol. The second kappa shape index (κ2) is 5.13. The van der Waals surface area contributed by atoms with Crippen LogP contribution in [0.4, 0.5) is 0 Å². The van der Waals surface area contributed by atoms with E-state index in [-0.39, 0.29) is 5.56 Å². The minimum Gasteiger partial charge on any atom is -0.304 e. The molecule has 23 heavy (non-hydrogen) atoms. The highest BCUT2D eigenvalue weighted by atomic mass is 32.1. The first kappa shape index (κ1) is 13.8. The molecule has 4 rings (SSSR count). The second-order valence-corrected chi connectivity index (χ2v) is 6.10. The molecule has 0 bridgehead atoms. The van der Waals surface area contributed by atoms with Crippen LogP contribution in [0.5, 0.6) is 0 Å². The van der Waals surface area contributed by atoms with Crippen LogP contribution in [0.15, 0.2) is 40.8 Å². The Kier molecular flexibility index (Phi) is 3.09. The van der Waals surface area contributed by atoms with Crippen LogP contribution in [0.25, 0.3) is 32.9 Å². The van der Waals surface area contributed by atoms with Gasteiger partial charge in [0, 0.05) is 35.4 Å². The summed E-state index contributed by atoms with van der Waals surface area (Å²) in [4.78, 5) is 24.1. The maximum Gasteiger partial charge on any atom is 0.269 e. The summed E-state index contributed by atoms with van der Waals surface area (Å²) < 4.78 is 2.43. The lowest BCUT2D eigenvalue weighted by molar-refractivity contribution is 0.740. The first-order valence-electron chi connectivity index (χ1n) is 7.07. The highest BCUT2D eigenvalue weighted by Gasteiger charge is 2.16. The molecule has 0 spiro atoms. The van der Waals surface area contributed by atoms with Gasteiger partial charge in [0.05, 0.1) is 11.7 Å². The van der Waals surface area contributed by atoms with Crippen molar-refractivity contribution in [3.05, 3.63) is 52.0 Å². The number of fused-ring (bicyclic) bond motifs is 1. The molecule has 114 valence electrons. The number of H-pyrrole nitrogens is 1. The van der Waals surface area contributed by atoms with Gasteiger partial charge in [0.1, 0.15) is 10.4 Å². The lowest BCUT2D eigenvalue weighted by atomic mass is 10.1. The highest BCUT2D eigenvalue weighted by molar-refractivity contribution is 7.17. The van der Waals surface area contributed by atoms with Gasteiger partial charge < -0.3 is 4.98 Å². The molecule has 4 aromatic rings. The van der Waals surface area contributed by atoms with Gasteiger partial charge in [-0.1, -0.05) is 6.07 Å². The minimum absolute atomic E-state index is 0.145. The summed E-state index contributed by atoms with van der Waals surface area (Å²) in [5.74, 6) is 0.476. The molecule has 0 aliphatic rings. The van der Waals surface area contributed by atoms with Crippen LogP contribution in [-0.4, -0.2) is 24.7 Å². The molecule has 7 heteroatoms. The van der Waals surface area contributed by atoms with E-state index in [1.54, 1.807) is 12.4 Å². The van der Waals surface area contributed by atoms with E-state index in [4.69, 9.17) is 0 Å². The van der Waals surface area contributed by atoms with Crippen molar-refractivity contribution < 1.29 is 0 Å². The summed E-state index contributed by atoms with van der Waals surface area (Å²) >= 11 is 1.39. The first-order valence-corrected chi connectivity index (χ1v) is 7.95. The van der Waals surface area contributed by atoms with Crippen LogP contribution in [0.3, 0.4) is 0 Å². The summed E-state index contributed by atoms with van der Waals surface area (Å²) in [6.07, 6.45) is 3.49.